The fourth-order valence-electron chi connectivity index (χ4n) is 2.04. The monoisotopic (exact) mass is 237 g/mol. The van der Waals surface area contributed by atoms with Gasteiger partial charge in [0.15, 0.2) is 11.9 Å². The topological polar surface area (TPSA) is 75.8 Å². The molecule has 1 fully saturated rings. The molecule has 2 heterocycles. The highest BCUT2D eigenvalue weighted by molar-refractivity contribution is 6.23. The summed E-state index contributed by atoms with van der Waals surface area (Å²) in [6.45, 7) is 5.43. The molecular formula is C12H15NO4. The Hall–Kier alpha value is -1.49. The number of Topliss-reactive ketones (excluding diaryl/α,β-unsaturated/α-hetero) is 1. The molecule has 1 N–H and O–H groups in total. The van der Waals surface area contributed by atoms with Crippen molar-refractivity contribution in [2.24, 2.45) is 5.92 Å². The summed E-state index contributed by atoms with van der Waals surface area (Å²) in [5.41, 5.74) is -1.08. The highest BCUT2D eigenvalue weighted by atomic mass is 16.6. The number of allylic oxidation sites excluding steroid dienone is 1. The Morgan fingerprint density at radius 1 is 1.53 bits per heavy atom. The van der Waals surface area contributed by atoms with E-state index in [-0.39, 0.29) is 11.7 Å². The number of ketones is 2. The van der Waals surface area contributed by atoms with Gasteiger partial charge in [-0.3, -0.25) is 14.4 Å². The van der Waals surface area contributed by atoms with Crippen molar-refractivity contribution in [1.29, 1.82) is 0 Å². The average Bonchev–Trinajstić information content (AvgIpc) is 2.89. The molecule has 17 heavy (non-hydrogen) atoms. The van der Waals surface area contributed by atoms with Crippen molar-refractivity contribution in [1.82, 2.24) is 5.32 Å². The number of carbonyl (C=O) groups excluding carboxylic acids is 3. The summed E-state index contributed by atoms with van der Waals surface area (Å²) < 4.78 is 5.13. The van der Waals surface area contributed by atoms with E-state index < -0.39 is 23.4 Å². The van der Waals surface area contributed by atoms with Gasteiger partial charge in [-0.15, -0.1) is 0 Å². The zero-order valence-corrected chi connectivity index (χ0v) is 10.1. The van der Waals surface area contributed by atoms with Crippen LogP contribution in [0.1, 0.15) is 27.2 Å². The standard InChI is InChI=1S/C12H15NO4/c1-6(2)4-8(14)10-12(17-10)9(15)5-7(3)13-11(12)16/h5-6,10H,4H2,1-3H3,(H,13,16)/t10-,12+/m1/s1. The average molecular weight is 237 g/mol. The fourth-order valence-corrected chi connectivity index (χ4v) is 2.04. The van der Waals surface area contributed by atoms with E-state index in [1.54, 1.807) is 6.92 Å². The molecule has 0 aromatic carbocycles. The fraction of sp³-hybridized carbons (Fsp3) is 0.583. The number of epoxide rings is 1. The predicted molar refractivity (Wildman–Crippen MR) is 59.0 cm³/mol. The Balaban J connectivity index is 2.17. The highest BCUT2D eigenvalue weighted by Gasteiger charge is 2.71. The number of carbonyl (C=O) groups is 3. The van der Waals surface area contributed by atoms with Crippen LogP contribution in [0.3, 0.4) is 0 Å². The van der Waals surface area contributed by atoms with Gasteiger partial charge in [0.05, 0.1) is 0 Å². The van der Waals surface area contributed by atoms with E-state index in [9.17, 15) is 14.4 Å². The van der Waals surface area contributed by atoms with Crippen LogP contribution in [0.25, 0.3) is 0 Å². The Kier molecular flexibility index (Phi) is 2.66. The maximum Gasteiger partial charge on any atom is 0.267 e. The van der Waals surface area contributed by atoms with E-state index in [1.165, 1.54) is 6.08 Å². The van der Waals surface area contributed by atoms with Crippen LogP contribution in [0.15, 0.2) is 11.8 Å². The minimum absolute atomic E-state index is 0.183. The third-order valence-electron chi connectivity index (χ3n) is 2.88. The Morgan fingerprint density at radius 2 is 2.18 bits per heavy atom. The molecule has 5 heteroatoms. The van der Waals surface area contributed by atoms with E-state index in [1.807, 2.05) is 13.8 Å². The minimum atomic E-state index is -1.56. The number of rotatable bonds is 3. The molecule has 0 aromatic rings. The zero-order chi connectivity index (χ0) is 12.8. The van der Waals surface area contributed by atoms with Gasteiger partial charge >= 0.3 is 0 Å². The van der Waals surface area contributed by atoms with E-state index in [4.69, 9.17) is 4.74 Å². The Labute approximate surface area is 99.2 Å². The van der Waals surface area contributed by atoms with E-state index in [0.29, 0.717) is 12.1 Å². The molecule has 2 aliphatic rings. The summed E-state index contributed by atoms with van der Waals surface area (Å²) in [6, 6.07) is 0. The molecule has 2 rings (SSSR count). The molecule has 0 bridgehead atoms. The minimum Gasteiger partial charge on any atom is -0.339 e. The van der Waals surface area contributed by atoms with Gasteiger partial charge < -0.3 is 10.1 Å². The first kappa shape index (κ1) is 12.0. The van der Waals surface area contributed by atoms with Gasteiger partial charge in [0, 0.05) is 18.2 Å². The molecule has 2 atom stereocenters. The molecule has 0 aromatic heterocycles. The normalized spacial score (nSPS) is 31.5. The van der Waals surface area contributed by atoms with Gasteiger partial charge in [-0.2, -0.15) is 0 Å². The first-order valence-corrected chi connectivity index (χ1v) is 5.62. The Bertz CT molecular complexity index is 438. The number of hydrogen-bond donors (Lipinski definition) is 1. The third kappa shape index (κ3) is 1.80. The summed E-state index contributed by atoms with van der Waals surface area (Å²) in [7, 11) is 0. The number of amides is 1. The smallest absolute Gasteiger partial charge is 0.267 e. The van der Waals surface area contributed by atoms with Crippen molar-refractivity contribution < 1.29 is 19.1 Å². The van der Waals surface area contributed by atoms with Crippen LogP contribution in [-0.2, 0) is 19.1 Å². The highest BCUT2D eigenvalue weighted by Crippen LogP contribution is 2.41. The summed E-state index contributed by atoms with van der Waals surface area (Å²) in [5.74, 6) is -0.954. The third-order valence-corrected chi connectivity index (χ3v) is 2.88. The maximum atomic E-state index is 11.8. The van der Waals surface area contributed by atoms with Crippen molar-refractivity contribution in [2.75, 3.05) is 0 Å². The van der Waals surface area contributed by atoms with Crippen molar-refractivity contribution in [3.63, 3.8) is 0 Å². The predicted octanol–water partition coefficient (Wildman–Crippen LogP) is 0.342. The van der Waals surface area contributed by atoms with Gasteiger partial charge in [-0.1, -0.05) is 13.8 Å². The number of ether oxygens (including phenoxy) is 1. The summed E-state index contributed by atoms with van der Waals surface area (Å²) in [4.78, 5) is 35.3. The molecule has 1 spiro atoms. The lowest BCUT2D eigenvalue weighted by Crippen LogP contribution is -2.48. The van der Waals surface area contributed by atoms with E-state index in [2.05, 4.69) is 5.32 Å². The second kappa shape index (κ2) is 3.77. The molecule has 0 saturated carbocycles. The molecule has 2 aliphatic heterocycles. The van der Waals surface area contributed by atoms with Gasteiger partial charge in [-0.05, 0) is 12.8 Å². The second-order valence-corrected chi connectivity index (χ2v) is 4.94. The van der Waals surface area contributed by atoms with Gasteiger partial charge in [0.1, 0.15) is 0 Å². The molecular weight excluding hydrogens is 222 g/mol. The van der Waals surface area contributed by atoms with Gasteiger partial charge in [-0.25, -0.2) is 0 Å². The van der Waals surface area contributed by atoms with Crippen LogP contribution >= 0.6 is 0 Å². The summed E-state index contributed by atoms with van der Waals surface area (Å²) in [5, 5.41) is 2.52. The maximum absolute atomic E-state index is 11.8. The molecule has 0 unspecified atom stereocenters. The van der Waals surface area contributed by atoms with Gasteiger partial charge in [0.25, 0.3) is 5.91 Å². The van der Waals surface area contributed by atoms with Crippen LogP contribution < -0.4 is 5.32 Å². The van der Waals surface area contributed by atoms with E-state index in [0.717, 1.165) is 0 Å². The van der Waals surface area contributed by atoms with Crippen molar-refractivity contribution in [3.8, 4) is 0 Å². The van der Waals surface area contributed by atoms with Gasteiger partial charge in [0.2, 0.25) is 11.4 Å². The lowest BCUT2D eigenvalue weighted by Gasteiger charge is -2.16. The molecule has 0 radical (unpaired) electrons. The van der Waals surface area contributed by atoms with Crippen LogP contribution in [0, 0.1) is 5.92 Å². The SMILES string of the molecule is CC1=CC(=O)[C@@]2(O[C@@H]2C(=O)CC(C)C)C(=O)N1. The summed E-state index contributed by atoms with van der Waals surface area (Å²) >= 11 is 0. The van der Waals surface area contributed by atoms with Crippen LogP contribution in [0.4, 0.5) is 0 Å². The van der Waals surface area contributed by atoms with E-state index >= 15 is 0 Å². The zero-order valence-electron chi connectivity index (χ0n) is 10.1. The molecule has 92 valence electrons. The van der Waals surface area contributed by atoms with Crippen LogP contribution in [-0.4, -0.2) is 29.2 Å². The molecule has 5 nitrogen and oxygen atoms in total. The molecule has 1 amide bonds. The largest absolute Gasteiger partial charge is 0.339 e. The number of nitrogens with one attached hydrogen (secondary N) is 1. The lowest BCUT2D eigenvalue weighted by atomic mass is 9.90. The quantitative estimate of drug-likeness (QED) is 0.567. The second-order valence-electron chi connectivity index (χ2n) is 4.94. The molecule has 1 saturated heterocycles. The van der Waals surface area contributed by atoms with Crippen molar-refractivity contribution in [2.45, 2.75) is 38.9 Å². The Morgan fingerprint density at radius 3 is 2.71 bits per heavy atom. The van der Waals surface area contributed by atoms with Crippen LogP contribution in [0.2, 0.25) is 0 Å². The first-order valence-electron chi connectivity index (χ1n) is 5.62. The van der Waals surface area contributed by atoms with Crippen molar-refractivity contribution in [3.05, 3.63) is 11.8 Å². The lowest BCUT2D eigenvalue weighted by molar-refractivity contribution is -0.134. The first-order chi connectivity index (χ1) is 7.87. The summed E-state index contributed by atoms with van der Waals surface area (Å²) in [6.07, 6.45) is 0.724. The number of hydrogen-bond acceptors (Lipinski definition) is 4. The van der Waals surface area contributed by atoms with Crippen LogP contribution in [0.5, 0.6) is 0 Å². The molecule has 0 aliphatic carbocycles. The van der Waals surface area contributed by atoms with Crippen molar-refractivity contribution >= 4 is 17.5 Å².